The first kappa shape index (κ1) is 11.6. The van der Waals surface area contributed by atoms with Gasteiger partial charge in [-0.15, -0.1) is 0 Å². The maximum absolute atomic E-state index is 5.82. The third kappa shape index (κ3) is 3.03. The molecule has 5 nitrogen and oxygen atoms in total. The molecule has 2 rings (SSSR count). The predicted octanol–water partition coefficient (Wildman–Crippen LogP) is 2.03. The van der Waals surface area contributed by atoms with Crippen LogP contribution in [-0.2, 0) is 13.5 Å². The van der Waals surface area contributed by atoms with E-state index in [1.54, 1.807) is 17.1 Å². The summed E-state index contributed by atoms with van der Waals surface area (Å²) in [6, 6.07) is 4.20. The van der Waals surface area contributed by atoms with E-state index in [-0.39, 0.29) is 0 Å². The summed E-state index contributed by atoms with van der Waals surface area (Å²) >= 11 is 0. The first-order valence-electron chi connectivity index (χ1n) is 5.73. The minimum absolute atomic E-state index is 0.303. The summed E-state index contributed by atoms with van der Waals surface area (Å²) in [5.74, 6) is 1.76. The highest BCUT2D eigenvalue weighted by molar-refractivity contribution is 5.60. The summed E-state index contributed by atoms with van der Waals surface area (Å²) in [7, 11) is 1.86. The average Bonchev–Trinajstić information content (AvgIpc) is 2.87. The molecule has 0 aliphatic heterocycles. The van der Waals surface area contributed by atoms with Crippen LogP contribution in [0.25, 0.3) is 0 Å². The fraction of sp³-hybridized carbons (Fsp3) is 0.417. The minimum Gasteiger partial charge on any atom is -0.469 e. The molecular weight excluding hydrogens is 216 g/mol. The molecule has 3 N–H and O–H groups in total. The highest BCUT2D eigenvalue weighted by atomic mass is 16.3. The highest BCUT2D eigenvalue weighted by Gasteiger charge is 2.08. The Hall–Kier alpha value is -1.91. The maximum Gasteiger partial charge on any atom is 0.171 e. The lowest BCUT2D eigenvalue weighted by molar-refractivity contribution is 0.494. The SMILES string of the molecule is CC(CCc1ccco1)Nc1nn(C)cc1N. The van der Waals surface area contributed by atoms with Crippen molar-refractivity contribution in [3.8, 4) is 0 Å². The van der Waals surface area contributed by atoms with E-state index in [1.807, 2.05) is 19.2 Å². The van der Waals surface area contributed by atoms with Crippen molar-refractivity contribution in [2.45, 2.75) is 25.8 Å². The predicted molar refractivity (Wildman–Crippen MR) is 67.7 cm³/mol. The number of rotatable bonds is 5. The number of aryl methyl sites for hydroxylation is 2. The molecule has 0 aliphatic carbocycles. The highest BCUT2D eigenvalue weighted by Crippen LogP contribution is 2.17. The van der Waals surface area contributed by atoms with E-state index in [0.29, 0.717) is 11.7 Å². The largest absolute Gasteiger partial charge is 0.469 e. The number of hydrogen-bond donors (Lipinski definition) is 2. The van der Waals surface area contributed by atoms with Gasteiger partial charge in [0.25, 0.3) is 0 Å². The zero-order valence-electron chi connectivity index (χ0n) is 10.2. The Balaban J connectivity index is 1.85. The van der Waals surface area contributed by atoms with Gasteiger partial charge in [-0.2, -0.15) is 5.10 Å². The van der Waals surface area contributed by atoms with Gasteiger partial charge in [-0.25, -0.2) is 0 Å². The summed E-state index contributed by atoms with van der Waals surface area (Å²) in [5.41, 5.74) is 6.49. The number of furan rings is 1. The second-order valence-electron chi connectivity index (χ2n) is 4.27. The van der Waals surface area contributed by atoms with Crippen LogP contribution in [0.5, 0.6) is 0 Å². The van der Waals surface area contributed by atoms with E-state index in [4.69, 9.17) is 10.2 Å². The molecule has 5 heteroatoms. The number of hydrogen-bond acceptors (Lipinski definition) is 4. The van der Waals surface area contributed by atoms with E-state index >= 15 is 0 Å². The molecule has 92 valence electrons. The Bertz CT molecular complexity index is 461. The van der Waals surface area contributed by atoms with Gasteiger partial charge >= 0.3 is 0 Å². The fourth-order valence-corrected chi connectivity index (χ4v) is 1.74. The number of nitrogens with two attached hydrogens (primary N) is 1. The number of nitrogen functional groups attached to an aromatic ring is 1. The Morgan fingerprint density at radius 1 is 1.59 bits per heavy atom. The van der Waals surface area contributed by atoms with Gasteiger partial charge in [0.2, 0.25) is 0 Å². The quantitative estimate of drug-likeness (QED) is 0.830. The van der Waals surface area contributed by atoms with Gasteiger partial charge in [-0.05, 0) is 25.5 Å². The minimum atomic E-state index is 0.303. The van der Waals surface area contributed by atoms with Crippen molar-refractivity contribution >= 4 is 11.5 Å². The zero-order chi connectivity index (χ0) is 12.3. The van der Waals surface area contributed by atoms with E-state index in [1.165, 1.54) is 0 Å². The van der Waals surface area contributed by atoms with Crippen LogP contribution in [0, 0.1) is 0 Å². The summed E-state index contributed by atoms with van der Waals surface area (Å²) in [6.07, 6.45) is 5.38. The number of nitrogens with zero attached hydrogens (tertiary/aromatic N) is 2. The van der Waals surface area contributed by atoms with Crippen LogP contribution in [0.1, 0.15) is 19.1 Å². The van der Waals surface area contributed by atoms with Crippen molar-refractivity contribution in [2.24, 2.45) is 7.05 Å². The lowest BCUT2D eigenvalue weighted by Crippen LogP contribution is -2.17. The topological polar surface area (TPSA) is 69.0 Å². The van der Waals surface area contributed by atoms with Crippen molar-refractivity contribution in [3.05, 3.63) is 30.4 Å². The van der Waals surface area contributed by atoms with Crippen molar-refractivity contribution in [1.29, 1.82) is 0 Å². The van der Waals surface area contributed by atoms with Crippen LogP contribution < -0.4 is 11.1 Å². The molecule has 0 saturated carbocycles. The van der Waals surface area contributed by atoms with Crippen LogP contribution in [0.3, 0.4) is 0 Å². The summed E-state index contributed by atoms with van der Waals surface area (Å²) < 4.78 is 7.00. The zero-order valence-corrected chi connectivity index (χ0v) is 10.2. The Morgan fingerprint density at radius 3 is 3.00 bits per heavy atom. The Morgan fingerprint density at radius 2 is 2.41 bits per heavy atom. The van der Waals surface area contributed by atoms with Gasteiger partial charge in [0.1, 0.15) is 5.76 Å². The van der Waals surface area contributed by atoms with Crippen molar-refractivity contribution in [2.75, 3.05) is 11.1 Å². The Labute approximate surface area is 101 Å². The van der Waals surface area contributed by atoms with Crippen molar-refractivity contribution < 1.29 is 4.42 Å². The molecule has 0 aliphatic rings. The van der Waals surface area contributed by atoms with Crippen LogP contribution >= 0.6 is 0 Å². The van der Waals surface area contributed by atoms with Gasteiger partial charge in [-0.3, -0.25) is 4.68 Å². The normalized spacial score (nSPS) is 12.6. The van der Waals surface area contributed by atoms with E-state index in [2.05, 4.69) is 17.3 Å². The molecule has 0 bridgehead atoms. The summed E-state index contributed by atoms with van der Waals surface area (Å²) in [4.78, 5) is 0. The van der Waals surface area contributed by atoms with Gasteiger partial charge in [0.15, 0.2) is 5.82 Å². The molecule has 1 atom stereocenters. The van der Waals surface area contributed by atoms with Gasteiger partial charge in [0, 0.05) is 25.7 Å². The van der Waals surface area contributed by atoms with E-state index < -0.39 is 0 Å². The number of nitrogens with one attached hydrogen (secondary N) is 1. The molecule has 0 radical (unpaired) electrons. The lowest BCUT2D eigenvalue weighted by atomic mass is 10.1. The summed E-state index contributed by atoms with van der Waals surface area (Å²) in [6.45, 7) is 2.11. The first-order chi connectivity index (χ1) is 8.15. The van der Waals surface area contributed by atoms with Gasteiger partial charge < -0.3 is 15.5 Å². The smallest absolute Gasteiger partial charge is 0.171 e. The average molecular weight is 234 g/mol. The van der Waals surface area contributed by atoms with Gasteiger partial charge in [-0.1, -0.05) is 0 Å². The van der Waals surface area contributed by atoms with Crippen LogP contribution in [0.2, 0.25) is 0 Å². The molecule has 2 aromatic rings. The maximum atomic E-state index is 5.82. The van der Waals surface area contributed by atoms with Crippen molar-refractivity contribution in [3.63, 3.8) is 0 Å². The molecular formula is C12H18N4O. The van der Waals surface area contributed by atoms with E-state index in [0.717, 1.165) is 24.4 Å². The van der Waals surface area contributed by atoms with Crippen molar-refractivity contribution in [1.82, 2.24) is 9.78 Å². The molecule has 0 fully saturated rings. The first-order valence-corrected chi connectivity index (χ1v) is 5.73. The molecule has 1 unspecified atom stereocenters. The third-order valence-electron chi connectivity index (χ3n) is 2.64. The molecule has 0 spiro atoms. The standard InChI is InChI=1S/C12H18N4O/c1-9(5-6-10-4-3-7-17-10)14-12-11(13)8-16(2)15-12/h3-4,7-9H,5-6,13H2,1-2H3,(H,14,15). The molecule has 0 saturated heterocycles. The molecule has 17 heavy (non-hydrogen) atoms. The van der Waals surface area contributed by atoms with Crippen LogP contribution in [0.4, 0.5) is 11.5 Å². The lowest BCUT2D eigenvalue weighted by Gasteiger charge is -2.12. The second-order valence-corrected chi connectivity index (χ2v) is 4.27. The Kier molecular flexibility index (Phi) is 3.37. The molecule has 2 aromatic heterocycles. The van der Waals surface area contributed by atoms with Gasteiger partial charge in [0.05, 0.1) is 12.0 Å². The number of aromatic nitrogens is 2. The second kappa shape index (κ2) is 4.95. The monoisotopic (exact) mass is 234 g/mol. The number of anilines is 2. The van der Waals surface area contributed by atoms with E-state index in [9.17, 15) is 0 Å². The molecule has 0 amide bonds. The molecule has 2 heterocycles. The molecule has 0 aromatic carbocycles. The van der Waals surface area contributed by atoms with Crippen LogP contribution in [0.15, 0.2) is 29.0 Å². The van der Waals surface area contributed by atoms with Crippen LogP contribution in [-0.4, -0.2) is 15.8 Å². The third-order valence-corrected chi connectivity index (χ3v) is 2.64. The fourth-order valence-electron chi connectivity index (χ4n) is 1.74. The summed E-state index contributed by atoms with van der Waals surface area (Å²) in [5, 5.41) is 7.55.